The van der Waals surface area contributed by atoms with Crippen LogP contribution in [-0.2, 0) is 17.4 Å². The topological polar surface area (TPSA) is 49.6 Å². The van der Waals surface area contributed by atoms with Gasteiger partial charge in [0.15, 0.2) is 5.65 Å². The second-order valence-electron chi connectivity index (χ2n) is 10.3. The molecule has 1 aliphatic heterocycles. The normalized spacial score (nSPS) is 21.3. The fourth-order valence-corrected chi connectivity index (χ4v) is 6.66. The number of fused-ring (bicyclic) bond motifs is 2. The minimum Gasteiger partial charge on any atom is -0.358 e. The fourth-order valence-electron chi connectivity index (χ4n) is 5.30. The number of hydrogen-bond acceptors (Lipinski definition) is 3. The molecule has 1 saturated heterocycles. The molecular weight excluding hydrogens is 484 g/mol. The van der Waals surface area contributed by atoms with Gasteiger partial charge < -0.3 is 4.90 Å². The predicted molar refractivity (Wildman–Crippen MR) is 135 cm³/mol. The maximum absolute atomic E-state index is 13.1. The van der Waals surface area contributed by atoms with Gasteiger partial charge in [0.25, 0.3) is 0 Å². The molecule has 32 heavy (non-hydrogen) atoms. The Morgan fingerprint density at radius 2 is 1.94 bits per heavy atom. The van der Waals surface area contributed by atoms with Crippen molar-refractivity contribution in [3.63, 3.8) is 0 Å². The maximum atomic E-state index is 13.1. The van der Waals surface area contributed by atoms with Gasteiger partial charge in [-0.25, -0.2) is 13.9 Å². The van der Waals surface area contributed by atoms with E-state index in [4.69, 9.17) is 0 Å². The molecule has 1 aromatic carbocycles. The van der Waals surface area contributed by atoms with Crippen LogP contribution in [0.25, 0.3) is 5.65 Å². The molecule has 5 nitrogen and oxygen atoms in total. The van der Waals surface area contributed by atoms with Crippen LogP contribution in [0.15, 0.2) is 47.2 Å². The highest BCUT2D eigenvalue weighted by atomic mass is 79.9. The molecule has 1 fully saturated rings. The van der Waals surface area contributed by atoms with Crippen LogP contribution in [0.3, 0.4) is 0 Å². The van der Waals surface area contributed by atoms with E-state index in [9.17, 15) is 4.21 Å². The number of imidazole rings is 1. The molecule has 170 valence electrons. The summed E-state index contributed by atoms with van der Waals surface area (Å²) in [7, 11) is -1.11. The van der Waals surface area contributed by atoms with Crippen LogP contribution in [0, 0.1) is 12.3 Å². The molecule has 0 bridgehead atoms. The number of nitrogens with one attached hydrogen (secondary N) is 1. The average Bonchev–Trinajstić information content (AvgIpc) is 3.35. The minimum absolute atomic E-state index is 0.0968. The van der Waals surface area contributed by atoms with Gasteiger partial charge in [0.05, 0.1) is 26.2 Å². The monoisotopic (exact) mass is 514 g/mol. The molecule has 3 heterocycles. The van der Waals surface area contributed by atoms with E-state index < -0.39 is 11.0 Å². The highest BCUT2D eigenvalue weighted by Crippen LogP contribution is 2.52. The van der Waals surface area contributed by atoms with Gasteiger partial charge in [0.2, 0.25) is 0 Å². The SMILES string of the molecule is Cc1cc(N2CCC3(CC2)Cc2ccccc2[C@H]3N[S@](=O)C(C)(C)C)n2ccnc2c1Br. The molecule has 1 spiro atoms. The first-order valence-corrected chi connectivity index (χ1v) is 13.3. The molecule has 1 N–H and O–H groups in total. The van der Waals surface area contributed by atoms with Crippen molar-refractivity contribution in [3.8, 4) is 0 Å². The van der Waals surface area contributed by atoms with Crippen molar-refractivity contribution in [1.82, 2.24) is 14.1 Å². The molecule has 2 aliphatic rings. The van der Waals surface area contributed by atoms with Gasteiger partial charge in [-0.05, 0) is 91.1 Å². The van der Waals surface area contributed by atoms with Crippen molar-refractivity contribution in [2.24, 2.45) is 5.41 Å². The summed E-state index contributed by atoms with van der Waals surface area (Å²) < 4.78 is 19.6. The first-order chi connectivity index (χ1) is 15.2. The summed E-state index contributed by atoms with van der Waals surface area (Å²) in [6.07, 6.45) is 7.08. The second kappa shape index (κ2) is 7.96. The van der Waals surface area contributed by atoms with Gasteiger partial charge in [-0.3, -0.25) is 4.40 Å². The fraction of sp³-hybridized carbons (Fsp3) is 0.480. The molecule has 5 rings (SSSR count). The largest absolute Gasteiger partial charge is 0.358 e. The summed E-state index contributed by atoms with van der Waals surface area (Å²) in [4.78, 5) is 7.03. The number of benzene rings is 1. The molecule has 2 atom stereocenters. The summed E-state index contributed by atoms with van der Waals surface area (Å²) >= 11 is 3.69. The van der Waals surface area contributed by atoms with Crippen molar-refractivity contribution in [1.29, 1.82) is 0 Å². The first-order valence-electron chi connectivity index (χ1n) is 11.3. The lowest BCUT2D eigenvalue weighted by Crippen LogP contribution is -2.48. The molecular formula is C25H31BrN4OS. The average molecular weight is 516 g/mol. The van der Waals surface area contributed by atoms with E-state index in [0.717, 1.165) is 42.5 Å². The van der Waals surface area contributed by atoms with E-state index in [1.54, 1.807) is 0 Å². The van der Waals surface area contributed by atoms with Crippen LogP contribution in [-0.4, -0.2) is 31.4 Å². The third-order valence-corrected chi connectivity index (χ3v) is 9.70. The Bertz CT molecular complexity index is 1190. The molecule has 1 aliphatic carbocycles. The van der Waals surface area contributed by atoms with Crippen molar-refractivity contribution < 1.29 is 4.21 Å². The zero-order chi connectivity index (χ0) is 22.7. The highest BCUT2D eigenvalue weighted by molar-refractivity contribution is 9.10. The molecule has 2 aromatic heterocycles. The Morgan fingerprint density at radius 1 is 1.22 bits per heavy atom. The number of halogens is 1. The highest BCUT2D eigenvalue weighted by Gasteiger charge is 2.48. The van der Waals surface area contributed by atoms with Gasteiger partial charge in [-0.2, -0.15) is 0 Å². The second-order valence-corrected chi connectivity index (χ2v) is 13.1. The number of aryl methyl sites for hydroxylation is 1. The third kappa shape index (κ3) is 3.62. The van der Waals surface area contributed by atoms with E-state index >= 15 is 0 Å². The number of rotatable bonds is 3. The van der Waals surface area contributed by atoms with E-state index in [1.165, 1.54) is 22.5 Å². The van der Waals surface area contributed by atoms with Crippen molar-refractivity contribution >= 4 is 38.4 Å². The smallest absolute Gasteiger partial charge is 0.152 e. The van der Waals surface area contributed by atoms with Gasteiger partial charge in [0, 0.05) is 25.5 Å². The molecule has 0 radical (unpaired) electrons. The van der Waals surface area contributed by atoms with Gasteiger partial charge in [-0.1, -0.05) is 24.3 Å². The van der Waals surface area contributed by atoms with Crippen LogP contribution in [0.5, 0.6) is 0 Å². The number of hydrogen-bond donors (Lipinski definition) is 1. The van der Waals surface area contributed by atoms with Gasteiger partial charge in [0.1, 0.15) is 5.82 Å². The van der Waals surface area contributed by atoms with E-state index in [2.05, 4.69) is 72.2 Å². The zero-order valence-electron chi connectivity index (χ0n) is 19.2. The van der Waals surface area contributed by atoms with Crippen molar-refractivity contribution in [3.05, 3.63) is 63.9 Å². The Morgan fingerprint density at radius 3 is 2.66 bits per heavy atom. The Kier molecular flexibility index (Phi) is 5.50. The summed E-state index contributed by atoms with van der Waals surface area (Å²) in [5.41, 5.74) is 5.00. The molecule has 3 aromatic rings. The quantitative estimate of drug-likeness (QED) is 0.512. The third-order valence-electron chi connectivity index (χ3n) is 7.16. The van der Waals surface area contributed by atoms with Crippen LogP contribution < -0.4 is 9.62 Å². The Balaban J connectivity index is 1.44. The van der Waals surface area contributed by atoms with Crippen molar-refractivity contribution in [2.75, 3.05) is 18.0 Å². The van der Waals surface area contributed by atoms with Gasteiger partial charge in [-0.15, -0.1) is 0 Å². The predicted octanol–water partition coefficient (Wildman–Crippen LogP) is 5.34. The van der Waals surface area contributed by atoms with E-state index in [0.29, 0.717) is 0 Å². The first kappa shape index (κ1) is 22.1. The summed E-state index contributed by atoms with van der Waals surface area (Å²) in [5.74, 6) is 1.20. The van der Waals surface area contributed by atoms with E-state index in [-0.39, 0.29) is 16.2 Å². The Hall–Kier alpha value is -1.70. The summed E-state index contributed by atoms with van der Waals surface area (Å²) in [6, 6.07) is 11.1. The lowest BCUT2D eigenvalue weighted by atomic mass is 9.73. The summed E-state index contributed by atoms with van der Waals surface area (Å²) in [6.45, 7) is 10.2. The number of anilines is 1. The van der Waals surface area contributed by atoms with Crippen LogP contribution in [0.2, 0.25) is 0 Å². The van der Waals surface area contributed by atoms with Crippen LogP contribution in [0.4, 0.5) is 5.82 Å². The standard InChI is InChI=1S/C25H31BrN4OS/c1-17-15-20(30-14-11-27-23(30)21(17)26)29-12-9-25(10-13-29)16-18-7-5-6-8-19(18)22(25)28-32(31)24(2,3)4/h5-8,11,14-15,22,28H,9-10,12-13,16H2,1-4H3/t22-,32-/m1/s1. The number of pyridine rings is 1. The number of piperidine rings is 1. The number of nitrogens with zero attached hydrogens (tertiary/aromatic N) is 3. The molecule has 7 heteroatoms. The molecule has 0 unspecified atom stereocenters. The maximum Gasteiger partial charge on any atom is 0.152 e. The Labute approximate surface area is 201 Å². The zero-order valence-corrected chi connectivity index (χ0v) is 21.6. The summed E-state index contributed by atoms with van der Waals surface area (Å²) in [5, 5.41) is 0. The van der Waals surface area contributed by atoms with Crippen LogP contribution in [0.1, 0.15) is 56.3 Å². The van der Waals surface area contributed by atoms with Gasteiger partial charge >= 0.3 is 0 Å². The molecule has 0 amide bonds. The van der Waals surface area contributed by atoms with Crippen LogP contribution >= 0.6 is 15.9 Å². The number of aromatic nitrogens is 2. The van der Waals surface area contributed by atoms with Crippen molar-refractivity contribution in [2.45, 2.75) is 57.7 Å². The lowest BCUT2D eigenvalue weighted by molar-refractivity contribution is 0.177. The van der Waals surface area contributed by atoms with E-state index in [1.807, 2.05) is 33.2 Å². The molecule has 0 saturated carbocycles. The minimum atomic E-state index is -1.11. The lowest BCUT2D eigenvalue weighted by Gasteiger charge is -2.44.